The topological polar surface area (TPSA) is 117 Å². The molecule has 6 rings (SSSR count). The molecule has 0 unspecified atom stereocenters. The van der Waals surface area contributed by atoms with Gasteiger partial charge < -0.3 is 24.4 Å². The van der Waals surface area contributed by atoms with Gasteiger partial charge in [-0.2, -0.15) is 5.10 Å². The molecule has 2 fully saturated rings. The van der Waals surface area contributed by atoms with E-state index in [2.05, 4.69) is 27.2 Å². The van der Waals surface area contributed by atoms with E-state index in [0.717, 1.165) is 30.0 Å². The van der Waals surface area contributed by atoms with Gasteiger partial charge in [0.2, 0.25) is 5.91 Å². The van der Waals surface area contributed by atoms with Gasteiger partial charge in [0, 0.05) is 49.7 Å². The van der Waals surface area contributed by atoms with E-state index in [1.165, 1.54) is 29.0 Å². The third kappa shape index (κ3) is 8.17. The Hall–Kier alpha value is -3.87. The number of carboxylic acid groups (broad SMARTS) is 1. The summed E-state index contributed by atoms with van der Waals surface area (Å²) in [5.41, 5.74) is 3.60. The van der Waals surface area contributed by atoms with Crippen molar-refractivity contribution in [2.24, 2.45) is 5.92 Å². The van der Waals surface area contributed by atoms with E-state index in [1.807, 2.05) is 22.8 Å². The number of likely N-dealkylation sites (tertiary alicyclic amines) is 1. The first-order valence-corrected chi connectivity index (χ1v) is 15.5. The summed E-state index contributed by atoms with van der Waals surface area (Å²) < 4.78 is 37.2. The van der Waals surface area contributed by atoms with Gasteiger partial charge in [-0.15, -0.1) is 0 Å². The van der Waals surface area contributed by atoms with Gasteiger partial charge in [0.05, 0.1) is 5.69 Å². The minimum absolute atomic E-state index is 0. The molecular weight excluding hydrogens is 617 g/mol. The fourth-order valence-corrected chi connectivity index (χ4v) is 6.29. The molecule has 2 aliphatic heterocycles. The van der Waals surface area contributed by atoms with Crippen LogP contribution in [0.15, 0.2) is 61.2 Å². The average Bonchev–Trinajstić information content (AvgIpc) is 3.58. The SMILES string of the molecule is Cc1cc(C2CCN(C(=O)Cn3cncn3)CC2)ccc1COc1c(F)cc(F)cc1-c1cccc(N2CCC(C(=O)[O-])CC2)n1.[Na+]. The summed E-state index contributed by atoms with van der Waals surface area (Å²) in [6.45, 7) is 4.56. The van der Waals surface area contributed by atoms with E-state index in [9.17, 15) is 19.1 Å². The van der Waals surface area contributed by atoms with Crippen LogP contribution in [0.4, 0.5) is 14.6 Å². The second kappa shape index (κ2) is 15.4. The Morgan fingerprint density at radius 2 is 1.77 bits per heavy atom. The first-order valence-electron chi connectivity index (χ1n) is 15.5. The number of carboxylic acids is 1. The number of benzene rings is 2. The van der Waals surface area contributed by atoms with E-state index in [0.29, 0.717) is 56.5 Å². The van der Waals surface area contributed by atoms with Gasteiger partial charge in [0.25, 0.3) is 0 Å². The predicted octanol–water partition coefficient (Wildman–Crippen LogP) is 0.882. The van der Waals surface area contributed by atoms with Crippen LogP contribution < -0.4 is 44.3 Å². The summed E-state index contributed by atoms with van der Waals surface area (Å²) in [5, 5.41) is 15.2. The first-order chi connectivity index (χ1) is 22.2. The number of carbonyl (C=O) groups excluding carboxylic acids is 2. The maximum Gasteiger partial charge on any atom is 1.00 e. The minimum Gasteiger partial charge on any atom is -0.550 e. The Morgan fingerprint density at radius 1 is 1.00 bits per heavy atom. The van der Waals surface area contributed by atoms with E-state index in [-0.39, 0.29) is 59.9 Å². The Balaban J connectivity index is 0.00000433. The molecule has 10 nitrogen and oxygen atoms in total. The monoisotopic (exact) mass is 652 g/mol. The number of aromatic nitrogens is 4. The van der Waals surface area contributed by atoms with Crippen molar-refractivity contribution in [3.8, 4) is 17.0 Å². The van der Waals surface area contributed by atoms with Crippen LogP contribution in [0, 0.1) is 24.5 Å². The van der Waals surface area contributed by atoms with Crippen molar-refractivity contribution in [3.05, 3.63) is 89.5 Å². The zero-order valence-corrected chi connectivity index (χ0v) is 28.6. The van der Waals surface area contributed by atoms with Crippen molar-refractivity contribution in [1.82, 2.24) is 24.6 Å². The van der Waals surface area contributed by atoms with Crippen LogP contribution in [0.2, 0.25) is 0 Å². The van der Waals surface area contributed by atoms with Crippen molar-refractivity contribution in [2.45, 2.75) is 51.7 Å². The number of halogens is 2. The summed E-state index contributed by atoms with van der Waals surface area (Å²) >= 11 is 0. The number of aryl methyl sites for hydroxylation is 1. The van der Waals surface area contributed by atoms with Crippen molar-refractivity contribution in [2.75, 3.05) is 31.1 Å². The standard InChI is InChI=1S/C34H36F2N6O4.Na/c1-22-15-25(23-7-13-41(14-8-23)32(43)18-42-21-37-20-38-42)5-6-26(22)19-46-33-28(16-27(35)17-29(33)36)30-3-2-4-31(39-30)40-11-9-24(10-12-40)34(44)45;/h2-6,15-17,20-21,23-24H,7-14,18-19H2,1H3,(H,44,45);/q;+1/p-1. The van der Waals surface area contributed by atoms with Crippen LogP contribution in [-0.2, 0) is 22.7 Å². The number of hydrogen-bond acceptors (Lipinski definition) is 8. The smallest absolute Gasteiger partial charge is 0.550 e. The molecule has 0 N–H and O–H groups in total. The van der Waals surface area contributed by atoms with Crippen LogP contribution in [0.3, 0.4) is 0 Å². The molecule has 4 heterocycles. The summed E-state index contributed by atoms with van der Waals surface area (Å²) in [6, 6.07) is 13.4. The number of aliphatic carboxylic acids is 1. The molecule has 0 bridgehead atoms. The summed E-state index contributed by atoms with van der Waals surface area (Å²) in [5.74, 6) is -2.25. The fraction of sp³-hybridized carbons (Fsp3) is 0.382. The molecule has 2 saturated heterocycles. The van der Waals surface area contributed by atoms with Gasteiger partial charge in [-0.05, 0) is 73.4 Å². The summed E-state index contributed by atoms with van der Waals surface area (Å²) in [4.78, 5) is 36.2. The van der Waals surface area contributed by atoms with E-state index in [1.54, 1.807) is 18.2 Å². The quantitative estimate of drug-likeness (QED) is 0.245. The molecule has 2 aromatic carbocycles. The first kappa shape index (κ1) is 34.5. The zero-order chi connectivity index (χ0) is 32.2. The summed E-state index contributed by atoms with van der Waals surface area (Å²) in [7, 11) is 0. The number of hydrogen-bond donors (Lipinski definition) is 0. The molecule has 240 valence electrons. The number of piperidine rings is 2. The van der Waals surface area contributed by atoms with E-state index < -0.39 is 23.5 Å². The molecule has 2 aromatic heterocycles. The molecule has 0 radical (unpaired) electrons. The Morgan fingerprint density at radius 3 is 2.45 bits per heavy atom. The zero-order valence-electron chi connectivity index (χ0n) is 26.6. The molecule has 0 atom stereocenters. The second-order valence-electron chi connectivity index (χ2n) is 11.9. The molecule has 1 amide bonds. The number of pyridine rings is 1. The molecule has 2 aliphatic rings. The number of ether oxygens (including phenoxy) is 1. The van der Waals surface area contributed by atoms with Crippen molar-refractivity contribution >= 4 is 17.7 Å². The largest absolute Gasteiger partial charge is 1.00 e. The van der Waals surface area contributed by atoms with E-state index in [4.69, 9.17) is 4.74 Å². The Kier molecular flexibility index (Phi) is 11.3. The molecular formula is C34H35F2N6NaO4. The van der Waals surface area contributed by atoms with E-state index >= 15 is 4.39 Å². The van der Waals surface area contributed by atoms with Gasteiger partial charge >= 0.3 is 29.6 Å². The summed E-state index contributed by atoms with van der Waals surface area (Å²) in [6.07, 6.45) is 5.54. The Labute approximate surface area is 294 Å². The third-order valence-electron chi connectivity index (χ3n) is 8.99. The predicted molar refractivity (Wildman–Crippen MR) is 164 cm³/mol. The molecule has 0 spiro atoms. The normalized spacial score (nSPS) is 15.7. The maximum absolute atomic E-state index is 15.2. The van der Waals surface area contributed by atoms with Crippen LogP contribution in [0.5, 0.6) is 5.75 Å². The van der Waals surface area contributed by atoms with Crippen LogP contribution >= 0.6 is 0 Å². The van der Waals surface area contributed by atoms with Gasteiger partial charge in [0.1, 0.15) is 37.4 Å². The number of amides is 1. The fourth-order valence-electron chi connectivity index (χ4n) is 6.29. The average molecular weight is 653 g/mol. The van der Waals surface area contributed by atoms with Gasteiger partial charge in [0.15, 0.2) is 11.6 Å². The van der Waals surface area contributed by atoms with Crippen molar-refractivity contribution in [3.63, 3.8) is 0 Å². The van der Waals surface area contributed by atoms with Crippen LogP contribution in [-0.4, -0.2) is 62.7 Å². The third-order valence-corrected chi connectivity index (χ3v) is 8.99. The van der Waals surface area contributed by atoms with Gasteiger partial charge in [-0.25, -0.2) is 23.4 Å². The van der Waals surface area contributed by atoms with Crippen LogP contribution in [0.25, 0.3) is 11.3 Å². The second-order valence-corrected chi connectivity index (χ2v) is 11.9. The van der Waals surface area contributed by atoms with Crippen molar-refractivity contribution in [1.29, 1.82) is 0 Å². The molecule has 4 aromatic rings. The number of carbonyl (C=O) groups is 2. The number of rotatable bonds is 9. The molecule has 47 heavy (non-hydrogen) atoms. The Bertz CT molecular complexity index is 1710. The van der Waals surface area contributed by atoms with Gasteiger partial charge in [-0.1, -0.05) is 24.3 Å². The molecule has 13 heteroatoms. The number of nitrogens with zero attached hydrogens (tertiary/aromatic N) is 6. The molecule has 0 saturated carbocycles. The van der Waals surface area contributed by atoms with Gasteiger partial charge in [-0.3, -0.25) is 4.79 Å². The number of anilines is 1. The van der Waals surface area contributed by atoms with Crippen molar-refractivity contribution < 1.29 is 57.8 Å². The minimum atomic E-state index is -1.04. The van der Waals surface area contributed by atoms with Crippen LogP contribution in [0.1, 0.15) is 48.3 Å². The molecule has 0 aliphatic carbocycles. The maximum atomic E-state index is 15.2.